The predicted octanol–water partition coefficient (Wildman–Crippen LogP) is 5.49. The lowest BCUT2D eigenvalue weighted by Gasteiger charge is -2.40. The standard InChI is InChI=1S/C31H40N8O2/c1-7-24(8-2)37-12-14-38(15-13-37)25-11-9-10-22(16-25)26-20-39(36-34-26)27-17-23(19-32-21(27)3)30(40)33-29-18-28(41-35-29)31(4,5)6/h9-11,16-20,24H,7-8,12-15H2,1-6H3,(H,33,35,40). The van der Waals surface area contributed by atoms with E-state index in [-0.39, 0.29) is 11.3 Å². The van der Waals surface area contributed by atoms with Crippen molar-refractivity contribution < 1.29 is 9.32 Å². The van der Waals surface area contributed by atoms with Crippen LogP contribution < -0.4 is 10.2 Å². The van der Waals surface area contributed by atoms with Crippen LogP contribution in [-0.4, -0.2) is 68.2 Å². The van der Waals surface area contributed by atoms with Gasteiger partial charge in [-0.1, -0.05) is 57.1 Å². The fraction of sp³-hybridized carbons (Fsp3) is 0.452. The minimum absolute atomic E-state index is 0.208. The molecule has 0 bridgehead atoms. The third-order valence-electron chi connectivity index (χ3n) is 7.83. The molecule has 1 amide bonds. The minimum atomic E-state index is -0.329. The third-order valence-corrected chi connectivity index (χ3v) is 7.83. The van der Waals surface area contributed by atoms with Gasteiger partial charge in [-0.25, -0.2) is 4.68 Å². The summed E-state index contributed by atoms with van der Waals surface area (Å²) < 4.78 is 7.06. The molecule has 5 rings (SSSR count). The summed E-state index contributed by atoms with van der Waals surface area (Å²) in [6, 6.07) is 12.6. The molecular formula is C31H40N8O2. The molecule has 0 aliphatic carbocycles. The van der Waals surface area contributed by atoms with Crippen LogP contribution in [0.4, 0.5) is 11.5 Å². The zero-order valence-electron chi connectivity index (χ0n) is 24.9. The molecule has 0 spiro atoms. The Morgan fingerprint density at radius 1 is 1.07 bits per heavy atom. The molecule has 4 aromatic rings. The van der Waals surface area contributed by atoms with Gasteiger partial charge < -0.3 is 14.7 Å². The van der Waals surface area contributed by atoms with Gasteiger partial charge in [0.1, 0.15) is 11.5 Å². The van der Waals surface area contributed by atoms with Gasteiger partial charge in [0.05, 0.1) is 23.1 Å². The fourth-order valence-corrected chi connectivity index (χ4v) is 5.28. The van der Waals surface area contributed by atoms with Crippen LogP contribution in [0.1, 0.15) is 69.3 Å². The van der Waals surface area contributed by atoms with Crippen molar-refractivity contribution in [1.29, 1.82) is 0 Å². The molecule has 3 aromatic heterocycles. The average molecular weight is 557 g/mol. The first-order valence-corrected chi connectivity index (χ1v) is 14.4. The Kier molecular flexibility index (Phi) is 8.21. The number of hydrogen-bond donors (Lipinski definition) is 1. The van der Waals surface area contributed by atoms with Gasteiger partial charge in [0.15, 0.2) is 5.82 Å². The van der Waals surface area contributed by atoms with Crippen LogP contribution in [0.2, 0.25) is 0 Å². The lowest BCUT2D eigenvalue weighted by molar-refractivity contribution is 0.102. The summed E-state index contributed by atoms with van der Waals surface area (Å²) in [6.07, 6.45) is 5.82. The van der Waals surface area contributed by atoms with Gasteiger partial charge >= 0.3 is 0 Å². The first-order chi connectivity index (χ1) is 19.7. The average Bonchev–Trinajstić information content (AvgIpc) is 3.65. The molecule has 0 atom stereocenters. The molecule has 0 saturated carbocycles. The van der Waals surface area contributed by atoms with Crippen molar-refractivity contribution >= 4 is 17.4 Å². The molecular weight excluding hydrogens is 516 g/mol. The summed E-state index contributed by atoms with van der Waals surface area (Å²) in [5, 5.41) is 15.6. The highest BCUT2D eigenvalue weighted by atomic mass is 16.5. The van der Waals surface area contributed by atoms with Crippen molar-refractivity contribution in [3.05, 3.63) is 65.8 Å². The van der Waals surface area contributed by atoms with E-state index in [0.29, 0.717) is 28.9 Å². The Hall–Kier alpha value is -4.05. The fourth-order valence-electron chi connectivity index (χ4n) is 5.28. The molecule has 4 heterocycles. The highest BCUT2D eigenvalue weighted by molar-refractivity contribution is 6.03. The number of aromatic nitrogens is 5. The van der Waals surface area contributed by atoms with Gasteiger partial charge in [-0.3, -0.25) is 14.7 Å². The lowest BCUT2D eigenvalue weighted by atomic mass is 9.93. The molecule has 1 aliphatic heterocycles. The van der Waals surface area contributed by atoms with E-state index < -0.39 is 0 Å². The third kappa shape index (κ3) is 6.32. The van der Waals surface area contributed by atoms with Crippen LogP contribution in [0.3, 0.4) is 0 Å². The van der Waals surface area contributed by atoms with Crippen LogP contribution in [-0.2, 0) is 5.41 Å². The maximum absolute atomic E-state index is 13.0. The van der Waals surface area contributed by atoms with Crippen LogP contribution >= 0.6 is 0 Å². The molecule has 41 heavy (non-hydrogen) atoms. The predicted molar refractivity (Wildman–Crippen MR) is 161 cm³/mol. The number of rotatable bonds is 8. The number of nitrogens with one attached hydrogen (secondary N) is 1. The Morgan fingerprint density at radius 2 is 1.83 bits per heavy atom. The first-order valence-electron chi connectivity index (χ1n) is 14.4. The Balaban J connectivity index is 1.30. The number of nitrogens with zero attached hydrogens (tertiary/aromatic N) is 7. The van der Waals surface area contributed by atoms with Crippen molar-refractivity contribution in [1.82, 2.24) is 30.0 Å². The molecule has 1 saturated heterocycles. The zero-order chi connectivity index (χ0) is 29.1. The Bertz CT molecular complexity index is 1490. The van der Waals surface area contributed by atoms with E-state index in [1.807, 2.05) is 33.9 Å². The second-order valence-corrected chi connectivity index (χ2v) is 11.7. The highest BCUT2D eigenvalue weighted by Gasteiger charge is 2.23. The SMILES string of the molecule is CCC(CC)N1CCN(c2cccc(-c3cn(-c4cc(C(=O)Nc5cc(C(C)(C)C)on5)cnc4C)nn3)c2)CC1. The van der Waals surface area contributed by atoms with E-state index in [2.05, 4.69) is 73.7 Å². The summed E-state index contributed by atoms with van der Waals surface area (Å²) >= 11 is 0. The van der Waals surface area contributed by atoms with Gasteiger partial charge in [-0.15, -0.1) is 5.10 Å². The molecule has 1 fully saturated rings. The molecule has 10 heteroatoms. The van der Waals surface area contributed by atoms with Crippen molar-refractivity contribution in [2.24, 2.45) is 0 Å². The number of carbonyl (C=O) groups is 1. The number of aryl methyl sites for hydroxylation is 1. The number of benzene rings is 1. The van der Waals surface area contributed by atoms with Crippen LogP contribution in [0.15, 0.2) is 53.3 Å². The molecule has 0 unspecified atom stereocenters. The second-order valence-electron chi connectivity index (χ2n) is 11.7. The van der Waals surface area contributed by atoms with Crippen LogP contribution in [0.5, 0.6) is 0 Å². The smallest absolute Gasteiger partial charge is 0.258 e. The molecule has 1 aromatic carbocycles. The van der Waals surface area contributed by atoms with Crippen LogP contribution in [0.25, 0.3) is 16.9 Å². The Morgan fingerprint density at radius 3 is 2.51 bits per heavy atom. The normalized spacial score (nSPS) is 14.6. The van der Waals surface area contributed by atoms with Crippen molar-refractivity contribution in [3.63, 3.8) is 0 Å². The van der Waals surface area contributed by atoms with Gasteiger partial charge in [0, 0.05) is 61.1 Å². The topological polar surface area (TPSA) is 105 Å². The van der Waals surface area contributed by atoms with Gasteiger partial charge in [-0.2, -0.15) is 0 Å². The maximum Gasteiger partial charge on any atom is 0.258 e. The summed E-state index contributed by atoms with van der Waals surface area (Å²) in [7, 11) is 0. The zero-order valence-corrected chi connectivity index (χ0v) is 24.9. The minimum Gasteiger partial charge on any atom is -0.369 e. The number of amides is 1. The molecule has 10 nitrogen and oxygen atoms in total. The van der Waals surface area contributed by atoms with Gasteiger partial charge in [0.2, 0.25) is 0 Å². The Labute approximate surface area is 241 Å². The number of anilines is 2. The summed E-state index contributed by atoms with van der Waals surface area (Å²) in [5.41, 5.74) is 4.54. The van der Waals surface area contributed by atoms with Crippen molar-refractivity contribution in [2.75, 3.05) is 36.4 Å². The highest BCUT2D eigenvalue weighted by Crippen LogP contribution is 2.27. The molecule has 0 radical (unpaired) electrons. The van der Waals surface area contributed by atoms with E-state index in [1.165, 1.54) is 18.5 Å². The van der Waals surface area contributed by atoms with E-state index in [1.54, 1.807) is 23.0 Å². The molecule has 216 valence electrons. The largest absolute Gasteiger partial charge is 0.369 e. The number of hydrogen-bond acceptors (Lipinski definition) is 8. The van der Waals surface area contributed by atoms with Gasteiger partial charge in [0.25, 0.3) is 5.91 Å². The first kappa shape index (κ1) is 28.5. The number of pyridine rings is 1. The number of carbonyl (C=O) groups excluding carboxylic acids is 1. The quantitative estimate of drug-likeness (QED) is 0.304. The second kappa shape index (κ2) is 11.8. The van der Waals surface area contributed by atoms with E-state index in [9.17, 15) is 4.79 Å². The van der Waals surface area contributed by atoms with Crippen molar-refractivity contribution in [3.8, 4) is 16.9 Å². The monoisotopic (exact) mass is 556 g/mol. The molecule has 1 N–H and O–H groups in total. The summed E-state index contributed by atoms with van der Waals surface area (Å²) in [4.78, 5) is 22.5. The van der Waals surface area contributed by atoms with Gasteiger partial charge in [-0.05, 0) is 38.0 Å². The number of piperazine rings is 1. The lowest BCUT2D eigenvalue weighted by Crippen LogP contribution is -2.50. The molecule has 1 aliphatic rings. The maximum atomic E-state index is 13.0. The summed E-state index contributed by atoms with van der Waals surface area (Å²) in [5.74, 6) is 0.727. The van der Waals surface area contributed by atoms with Crippen LogP contribution in [0, 0.1) is 6.92 Å². The van der Waals surface area contributed by atoms with Crippen molar-refractivity contribution in [2.45, 2.75) is 65.8 Å². The van der Waals surface area contributed by atoms with E-state index >= 15 is 0 Å². The van der Waals surface area contributed by atoms with E-state index in [0.717, 1.165) is 43.1 Å². The summed E-state index contributed by atoms with van der Waals surface area (Å²) in [6.45, 7) is 16.7. The van der Waals surface area contributed by atoms with E-state index in [4.69, 9.17) is 4.52 Å².